The van der Waals surface area contributed by atoms with Gasteiger partial charge >= 0.3 is 0 Å². The molecule has 2 aliphatic carbocycles. The van der Waals surface area contributed by atoms with E-state index >= 15 is 0 Å². The van der Waals surface area contributed by atoms with Crippen LogP contribution in [0.4, 0.5) is 13.2 Å². The van der Waals surface area contributed by atoms with Crippen molar-refractivity contribution in [3.63, 3.8) is 0 Å². The minimum atomic E-state index is -0.749. The molecule has 0 amide bonds. The van der Waals surface area contributed by atoms with Crippen LogP contribution in [0.15, 0.2) is 36.4 Å². The molecule has 0 N–H and O–H groups in total. The Morgan fingerprint density at radius 1 is 0.853 bits per heavy atom. The zero-order valence-electron chi connectivity index (χ0n) is 20.2. The monoisotopic (exact) mass is 472 g/mol. The average Bonchev–Trinajstić information content (AvgIpc) is 2.87. The predicted octanol–water partition coefficient (Wildman–Crippen LogP) is 8.16. The number of methoxy groups -OCH3 is 1. The van der Waals surface area contributed by atoms with Crippen LogP contribution < -0.4 is 4.74 Å². The van der Waals surface area contributed by atoms with Crippen molar-refractivity contribution >= 4 is 6.08 Å². The van der Waals surface area contributed by atoms with Crippen molar-refractivity contribution < 1.29 is 22.6 Å². The highest BCUT2D eigenvalue weighted by atomic mass is 19.2. The molecule has 4 rings (SSSR count). The van der Waals surface area contributed by atoms with Gasteiger partial charge in [-0.25, -0.2) is 13.2 Å². The Balaban J connectivity index is 1.35. The van der Waals surface area contributed by atoms with Crippen molar-refractivity contribution in [2.24, 2.45) is 5.92 Å². The summed E-state index contributed by atoms with van der Waals surface area (Å²) in [6.07, 6.45) is 11.2. The summed E-state index contributed by atoms with van der Waals surface area (Å²) in [6.45, 7) is 2.28. The van der Waals surface area contributed by atoms with Gasteiger partial charge in [0, 0.05) is 12.7 Å². The molecule has 2 nitrogen and oxygen atoms in total. The quantitative estimate of drug-likeness (QED) is 0.405. The highest BCUT2D eigenvalue weighted by Gasteiger charge is 2.26. The Morgan fingerprint density at radius 2 is 1.56 bits per heavy atom. The van der Waals surface area contributed by atoms with Crippen LogP contribution in [0, 0.1) is 23.4 Å². The van der Waals surface area contributed by atoms with E-state index in [0.717, 1.165) is 56.9 Å². The summed E-state index contributed by atoms with van der Waals surface area (Å²) in [5.74, 6) is -0.779. The van der Waals surface area contributed by atoms with Gasteiger partial charge in [-0.1, -0.05) is 30.4 Å². The van der Waals surface area contributed by atoms with Crippen LogP contribution in [0.5, 0.6) is 5.75 Å². The Morgan fingerprint density at radius 3 is 2.21 bits per heavy atom. The molecule has 2 aliphatic rings. The highest BCUT2D eigenvalue weighted by Crippen LogP contribution is 2.39. The predicted molar refractivity (Wildman–Crippen MR) is 130 cm³/mol. The molecule has 2 fully saturated rings. The second-order valence-electron chi connectivity index (χ2n) is 9.68. The fourth-order valence-electron chi connectivity index (χ4n) is 5.56. The molecule has 0 spiro atoms. The first-order valence-corrected chi connectivity index (χ1v) is 12.6. The summed E-state index contributed by atoms with van der Waals surface area (Å²) >= 11 is 0. The fourth-order valence-corrected chi connectivity index (χ4v) is 5.56. The summed E-state index contributed by atoms with van der Waals surface area (Å²) < 4.78 is 54.6. The van der Waals surface area contributed by atoms with Crippen molar-refractivity contribution in [2.45, 2.75) is 76.2 Å². The first-order chi connectivity index (χ1) is 16.5. The maximum Gasteiger partial charge on any atom is 0.166 e. The maximum absolute atomic E-state index is 14.9. The van der Waals surface area contributed by atoms with Crippen LogP contribution in [0.25, 0.3) is 6.08 Å². The molecule has 2 aromatic rings. The van der Waals surface area contributed by atoms with Crippen molar-refractivity contribution in [2.75, 3.05) is 13.7 Å². The molecule has 0 atom stereocenters. The Bertz CT molecular complexity index is 987. The minimum Gasteiger partial charge on any atom is -0.491 e. The van der Waals surface area contributed by atoms with Gasteiger partial charge in [0.15, 0.2) is 23.2 Å². The number of hydrogen-bond donors (Lipinski definition) is 0. The first-order valence-electron chi connectivity index (χ1n) is 12.6. The maximum atomic E-state index is 14.9. The molecule has 34 heavy (non-hydrogen) atoms. The van der Waals surface area contributed by atoms with Gasteiger partial charge in [-0.05, 0) is 99.3 Å². The molecule has 184 valence electrons. The van der Waals surface area contributed by atoms with E-state index in [0.29, 0.717) is 35.3 Å². The lowest BCUT2D eigenvalue weighted by molar-refractivity contribution is 0.0655. The molecule has 2 aromatic carbocycles. The zero-order valence-corrected chi connectivity index (χ0v) is 20.2. The van der Waals surface area contributed by atoms with Gasteiger partial charge in [0.1, 0.15) is 0 Å². The topological polar surface area (TPSA) is 18.5 Å². The summed E-state index contributed by atoms with van der Waals surface area (Å²) in [6, 6.07) is 8.72. The highest BCUT2D eigenvalue weighted by molar-refractivity contribution is 5.52. The van der Waals surface area contributed by atoms with Gasteiger partial charge < -0.3 is 9.47 Å². The fraction of sp³-hybridized carbons (Fsp3) is 0.517. The second-order valence-corrected chi connectivity index (χ2v) is 9.68. The van der Waals surface area contributed by atoms with E-state index in [1.165, 1.54) is 0 Å². The standard InChI is InChI=1S/C29H35F3O2/c1-3-34-27-17-13-23(18-26(27)30)20-7-4-19(5-8-20)6-9-22-12-16-25(29(32)28(22)31)21-10-14-24(33-2)15-11-21/h6,9,12-13,16-21,24H,3-5,7-8,10-11,14-15H2,1-2H3/b9-6+. The molecule has 0 aliphatic heterocycles. The minimum absolute atomic E-state index is 0.0571. The molecule has 2 saturated carbocycles. The van der Waals surface area contributed by atoms with Crippen LogP contribution in [0.3, 0.4) is 0 Å². The van der Waals surface area contributed by atoms with E-state index in [1.54, 1.807) is 37.5 Å². The van der Waals surface area contributed by atoms with Crippen LogP contribution >= 0.6 is 0 Å². The lowest BCUT2D eigenvalue weighted by atomic mass is 9.78. The molecule has 0 aromatic heterocycles. The lowest BCUT2D eigenvalue weighted by Gasteiger charge is -2.28. The largest absolute Gasteiger partial charge is 0.491 e. The molecule has 0 heterocycles. The summed E-state index contributed by atoms with van der Waals surface area (Å²) in [5, 5.41) is 0. The van der Waals surface area contributed by atoms with E-state index in [2.05, 4.69) is 0 Å². The Labute approximate surface area is 201 Å². The number of benzene rings is 2. The van der Waals surface area contributed by atoms with Gasteiger partial charge in [0.2, 0.25) is 0 Å². The SMILES string of the molecule is CCOc1ccc(C2CCC(/C=C/c3ccc(C4CCC(OC)CC4)c(F)c3F)CC2)cc1F. The number of allylic oxidation sites excluding steroid dienone is 1. The van der Waals surface area contributed by atoms with E-state index in [4.69, 9.17) is 9.47 Å². The Kier molecular flexibility index (Phi) is 8.36. The lowest BCUT2D eigenvalue weighted by Crippen LogP contribution is -2.20. The van der Waals surface area contributed by atoms with E-state index in [1.807, 2.05) is 19.1 Å². The number of rotatable bonds is 7. The van der Waals surface area contributed by atoms with Gasteiger partial charge in [-0.3, -0.25) is 0 Å². The normalized spacial score (nSPS) is 25.6. The molecular weight excluding hydrogens is 437 g/mol. The Hall–Kier alpha value is -2.27. The first kappa shape index (κ1) is 24.8. The summed E-state index contributed by atoms with van der Waals surface area (Å²) in [5.41, 5.74) is 1.81. The van der Waals surface area contributed by atoms with Crippen LogP contribution in [0.2, 0.25) is 0 Å². The summed E-state index contributed by atoms with van der Waals surface area (Å²) in [4.78, 5) is 0. The zero-order chi connectivity index (χ0) is 24.1. The second kappa shape index (κ2) is 11.4. The summed E-state index contributed by atoms with van der Waals surface area (Å²) in [7, 11) is 1.71. The van der Waals surface area contributed by atoms with Gasteiger partial charge in [-0.2, -0.15) is 0 Å². The molecule has 0 radical (unpaired) electrons. The van der Waals surface area contributed by atoms with Gasteiger partial charge in [0.25, 0.3) is 0 Å². The van der Waals surface area contributed by atoms with Crippen LogP contribution in [-0.4, -0.2) is 19.8 Å². The van der Waals surface area contributed by atoms with Crippen LogP contribution in [-0.2, 0) is 4.74 Å². The van der Waals surface area contributed by atoms with Gasteiger partial charge in [0.05, 0.1) is 12.7 Å². The van der Waals surface area contributed by atoms with Crippen molar-refractivity contribution in [1.29, 1.82) is 0 Å². The number of hydrogen-bond acceptors (Lipinski definition) is 2. The van der Waals surface area contributed by atoms with Gasteiger partial charge in [-0.15, -0.1) is 0 Å². The molecule has 0 saturated heterocycles. The number of halogens is 3. The third-order valence-corrected chi connectivity index (χ3v) is 7.64. The van der Waals surface area contributed by atoms with E-state index in [9.17, 15) is 13.2 Å². The molecule has 0 bridgehead atoms. The average molecular weight is 473 g/mol. The van der Waals surface area contributed by atoms with Crippen molar-refractivity contribution in [3.8, 4) is 5.75 Å². The number of ether oxygens (including phenoxy) is 2. The molecule has 5 heteroatoms. The van der Waals surface area contributed by atoms with Crippen LogP contribution in [0.1, 0.15) is 86.8 Å². The van der Waals surface area contributed by atoms with E-state index in [-0.39, 0.29) is 17.8 Å². The van der Waals surface area contributed by atoms with E-state index < -0.39 is 11.6 Å². The molecule has 0 unspecified atom stereocenters. The smallest absolute Gasteiger partial charge is 0.166 e. The van der Waals surface area contributed by atoms with Crippen molar-refractivity contribution in [3.05, 3.63) is 70.5 Å². The van der Waals surface area contributed by atoms with Crippen molar-refractivity contribution in [1.82, 2.24) is 0 Å². The third-order valence-electron chi connectivity index (χ3n) is 7.64. The third kappa shape index (κ3) is 5.68. The molecular formula is C29H35F3O2.